The van der Waals surface area contributed by atoms with Gasteiger partial charge in [0, 0.05) is 19.3 Å². The van der Waals surface area contributed by atoms with Crippen LogP contribution in [-0.2, 0) is 4.74 Å². The summed E-state index contributed by atoms with van der Waals surface area (Å²) in [5.74, 6) is -0.116. The SMILES string of the molecule is Cc1cc(N2C[C@@H](C)O[C@@H](C)C2)ncc1C(=O)O. The van der Waals surface area contributed by atoms with Crippen LogP contribution in [0.15, 0.2) is 12.3 Å². The largest absolute Gasteiger partial charge is 0.478 e. The summed E-state index contributed by atoms with van der Waals surface area (Å²) in [6, 6.07) is 1.83. The molecule has 98 valence electrons. The third kappa shape index (κ3) is 2.61. The summed E-state index contributed by atoms with van der Waals surface area (Å²) in [6.07, 6.45) is 1.75. The summed E-state index contributed by atoms with van der Waals surface area (Å²) < 4.78 is 5.67. The zero-order chi connectivity index (χ0) is 13.3. The molecule has 0 radical (unpaired) electrons. The monoisotopic (exact) mass is 250 g/mol. The van der Waals surface area contributed by atoms with Crippen molar-refractivity contribution >= 4 is 11.8 Å². The maximum Gasteiger partial charge on any atom is 0.337 e. The molecule has 0 spiro atoms. The van der Waals surface area contributed by atoms with Gasteiger partial charge < -0.3 is 14.7 Å². The molecule has 1 saturated heterocycles. The van der Waals surface area contributed by atoms with Crippen LogP contribution < -0.4 is 4.90 Å². The van der Waals surface area contributed by atoms with Gasteiger partial charge in [-0.3, -0.25) is 0 Å². The van der Waals surface area contributed by atoms with E-state index >= 15 is 0 Å². The molecule has 1 aromatic rings. The molecular weight excluding hydrogens is 232 g/mol. The molecule has 0 amide bonds. The van der Waals surface area contributed by atoms with E-state index in [1.807, 2.05) is 19.9 Å². The van der Waals surface area contributed by atoms with E-state index in [0.717, 1.165) is 24.5 Å². The van der Waals surface area contributed by atoms with Gasteiger partial charge in [-0.15, -0.1) is 0 Å². The number of aromatic nitrogens is 1. The standard InChI is InChI=1S/C13H18N2O3/c1-8-4-12(14-5-11(8)13(16)17)15-6-9(2)18-10(3)7-15/h4-5,9-10H,6-7H2,1-3H3,(H,16,17)/t9-,10+. The fraction of sp³-hybridized carbons (Fsp3) is 0.538. The number of carboxylic acids is 1. The van der Waals surface area contributed by atoms with E-state index < -0.39 is 5.97 Å². The minimum absolute atomic E-state index is 0.162. The Labute approximate surface area is 106 Å². The fourth-order valence-electron chi connectivity index (χ4n) is 2.30. The predicted octanol–water partition coefficient (Wildman–Crippen LogP) is 1.70. The molecule has 1 fully saturated rings. The number of carboxylic acid groups (broad SMARTS) is 1. The number of carbonyl (C=O) groups is 1. The van der Waals surface area contributed by atoms with Crippen LogP contribution >= 0.6 is 0 Å². The Hall–Kier alpha value is -1.62. The first-order chi connectivity index (χ1) is 8.47. The number of aryl methyl sites for hydroxylation is 1. The Morgan fingerprint density at radius 1 is 1.44 bits per heavy atom. The molecule has 0 unspecified atom stereocenters. The van der Waals surface area contributed by atoms with Gasteiger partial charge in [0.1, 0.15) is 5.82 Å². The van der Waals surface area contributed by atoms with Crippen LogP contribution in [0.3, 0.4) is 0 Å². The van der Waals surface area contributed by atoms with Gasteiger partial charge in [-0.2, -0.15) is 0 Å². The zero-order valence-corrected chi connectivity index (χ0v) is 10.9. The Morgan fingerprint density at radius 3 is 2.56 bits per heavy atom. The molecule has 0 aliphatic carbocycles. The van der Waals surface area contributed by atoms with Crippen LogP contribution in [0.4, 0.5) is 5.82 Å². The molecule has 1 aliphatic heterocycles. The summed E-state index contributed by atoms with van der Waals surface area (Å²) in [5.41, 5.74) is 0.993. The van der Waals surface area contributed by atoms with Crippen LogP contribution in [0.2, 0.25) is 0 Å². The third-order valence-electron chi connectivity index (χ3n) is 3.07. The normalized spacial score (nSPS) is 24.1. The maximum absolute atomic E-state index is 10.9. The number of hydrogen-bond acceptors (Lipinski definition) is 4. The van der Waals surface area contributed by atoms with E-state index in [1.165, 1.54) is 6.20 Å². The van der Waals surface area contributed by atoms with Crippen molar-refractivity contribution in [2.75, 3.05) is 18.0 Å². The summed E-state index contributed by atoms with van der Waals surface area (Å²) in [4.78, 5) is 17.3. The lowest BCUT2D eigenvalue weighted by Gasteiger charge is -2.36. The third-order valence-corrected chi connectivity index (χ3v) is 3.07. The summed E-state index contributed by atoms with van der Waals surface area (Å²) >= 11 is 0. The number of hydrogen-bond donors (Lipinski definition) is 1. The average molecular weight is 250 g/mol. The molecule has 1 aliphatic rings. The topological polar surface area (TPSA) is 62.7 Å². The summed E-state index contributed by atoms with van der Waals surface area (Å²) in [6.45, 7) is 7.41. The second-order valence-electron chi connectivity index (χ2n) is 4.82. The van der Waals surface area contributed by atoms with Crippen molar-refractivity contribution in [1.82, 2.24) is 4.98 Å². The first-order valence-electron chi connectivity index (χ1n) is 6.07. The second-order valence-corrected chi connectivity index (χ2v) is 4.82. The highest BCUT2D eigenvalue weighted by Crippen LogP contribution is 2.20. The van der Waals surface area contributed by atoms with Crippen molar-refractivity contribution in [3.05, 3.63) is 23.4 Å². The molecule has 0 aromatic carbocycles. The highest BCUT2D eigenvalue weighted by atomic mass is 16.5. The molecule has 2 heterocycles. The molecule has 1 N–H and O–H groups in total. The highest BCUT2D eigenvalue weighted by molar-refractivity contribution is 5.89. The van der Waals surface area contributed by atoms with Gasteiger partial charge in [0.05, 0.1) is 17.8 Å². The van der Waals surface area contributed by atoms with E-state index in [0.29, 0.717) is 0 Å². The lowest BCUT2D eigenvalue weighted by molar-refractivity contribution is -0.00547. The smallest absolute Gasteiger partial charge is 0.337 e. The Balaban J connectivity index is 2.23. The van der Waals surface area contributed by atoms with Crippen molar-refractivity contribution in [2.45, 2.75) is 33.0 Å². The van der Waals surface area contributed by atoms with Gasteiger partial charge in [-0.05, 0) is 32.4 Å². The minimum Gasteiger partial charge on any atom is -0.478 e. The zero-order valence-electron chi connectivity index (χ0n) is 10.9. The van der Waals surface area contributed by atoms with E-state index in [1.54, 1.807) is 6.92 Å². The molecule has 1 aromatic heterocycles. The highest BCUT2D eigenvalue weighted by Gasteiger charge is 2.23. The van der Waals surface area contributed by atoms with E-state index in [-0.39, 0.29) is 17.8 Å². The van der Waals surface area contributed by atoms with Gasteiger partial charge >= 0.3 is 5.97 Å². The first-order valence-corrected chi connectivity index (χ1v) is 6.07. The molecule has 5 nitrogen and oxygen atoms in total. The maximum atomic E-state index is 10.9. The van der Waals surface area contributed by atoms with Crippen molar-refractivity contribution in [3.8, 4) is 0 Å². The lowest BCUT2D eigenvalue weighted by Crippen LogP contribution is -2.45. The number of ether oxygens (including phenoxy) is 1. The fourth-order valence-corrected chi connectivity index (χ4v) is 2.30. The summed E-state index contributed by atoms with van der Waals surface area (Å²) in [5, 5.41) is 8.98. The molecule has 18 heavy (non-hydrogen) atoms. The Morgan fingerprint density at radius 2 is 2.06 bits per heavy atom. The van der Waals surface area contributed by atoms with E-state index in [2.05, 4.69) is 9.88 Å². The molecule has 0 saturated carbocycles. The van der Waals surface area contributed by atoms with Gasteiger partial charge in [0.2, 0.25) is 0 Å². The van der Waals surface area contributed by atoms with Crippen molar-refractivity contribution in [1.29, 1.82) is 0 Å². The average Bonchev–Trinajstić information content (AvgIpc) is 2.26. The van der Waals surface area contributed by atoms with Crippen molar-refractivity contribution < 1.29 is 14.6 Å². The number of pyridine rings is 1. The van der Waals surface area contributed by atoms with Crippen LogP contribution in [0.5, 0.6) is 0 Å². The summed E-state index contributed by atoms with van der Waals surface area (Å²) in [7, 11) is 0. The van der Waals surface area contributed by atoms with Gasteiger partial charge in [0.15, 0.2) is 0 Å². The molecule has 2 rings (SSSR count). The Bertz CT molecular complexity index is 452. The predicted molar refractivity (Wildman–Crippen MR) is 68.2 cm³/mol. The lowest BCUT2D eigenvalue weighted by atomic mass is 10.1. The number of anilines is 1. The van der Waals surface area contributed by atoms with Crippen molar-refractivity contribution in [3.63, 3.8) is 0 Å². The number of rotatable bonds is 2. The number of morpholine rings is 1. The molecule has 2 atom stereocenters. The quantitative estimate of drug-likeness (QED) is 0.865. The van der Waals surface area contributed by atoms with Gasteiger partial charge in [0.25, 0.3) is 0 Å². The van der Waals surface area contributed by atoms with E-state index in [9.17, 15) is 4.79 Å². The second kappa shape index (κ2) is 4.94. The van der Waals surface area contributed by atoms with Crippen LogP contribution in [0.25, 0.3) is 0 Å². The van der Waals surface area contributed by atoms with Crippen LogP contribution in [-0.4, -0.2) is 41.4 Å². The molecular formula is C13H18N2O3. The number of aromatic carboxylic acids is 1. The van der Waals surface area contributed by atoms with Gasteiger partial charge in [-0.1, -0.05) is 0 Å². The van der Waals surface area contributed by atoms with Crippen LogP contribution in [0.1, 0.15) is 29.8 Å². The molecule has 0 bridgehead atoms. The minimum atomic E-state index is -0.935. The first kappa shape index (κ1) is 12.8. The van der Waals surface area contributed by atoms with Crippen LogP contribution in [0, 0.1) is 6.92 Å². The Kier molecular flexibility index (Phi) is 3.52. The van der Waals surface area contributed by atoms with Crippen molar-refractivity contribution in [2.24, 2.45) is 0 Å². The van der Waals surface area contributed by atoms with Gasteiger partial charge in [-0.25, -0.2) is 9.78 Å². The molecule has 5 heteroatoms. The number of nitrogens with zero attached hydrogens (tertiary/aromatic N) is 2. The van der Waals surface area contributed by atoms with E-state index in [4.69, 9.17) is 9.84 Å².